The molecule has 0 aliphatic rings. The highest BCUT2D eigenvalue weighted by Gasteiger charge is 2.11. The van der Waals surface area contributed by atoms with Crippen LogP contribution in [0.15, 0.2) is 48.5 Å². The number of amides is 1. The molecule has 0 aliphatic heterocycles. The average molecular weight is 345 g/mol. The third kappa shape index (κ3) is 6.25. The lowest BCUT2D eigenvalue weighted by Gasteiger charge is -2.08. The fourth-order valence-corrected chi connectivity index (χ4v) is 2.00. The Hall–Kier alpha value is -2.89. The van der Waals surface area contributed by atoms with Crippen LogP contribution in [-0.2, 0) is 9.53 Å². The first-order valence-corrected chi connectivity index (χ1v) is 8.04. The molecule has 25 heavy (non-hydrogen) atoms. The van der Waals surface area contributed by atoms with Gasteiger partial charge >= 0.3 is 5.97 Å². The van der Waals surface area contributed by atoms with Gasteiger partial charge in [-0.05, 0) is 48.9 Å². The fourth-order valence-electron chi connectivity index (χ4n) is 2.00. The minimum absolute atomic E-state index is 0.301. The number of hydrogen-bond donors (Lipinski definition) is 1. The molecule has 132 valence electrons. The first-order valence-electron chi connectivity index (χ1n) is 8.04. The Kier molecular flexibility index (Phi) is 6.95. The number of unbranched alkanes of at least 4 members (excludes halogenated alkanes) is 1. The van der Waals surface area contributed by atoms with E-state index in [0.29, 0.717) is 23.6 Å². The Balaban J connectivity index is 1.80. The Bertz CT molecular complexity index is 716. The summed E-state index contributed by atoms with van der Waals surface area (Å²) < 4.78 is 23.5. The molecule has 0 spiro atoms. The summed E-state index contributed by atoms with van der Waals surface area (Å²) in [5, 5.41) is 2.45. The van der Waals surface area contributed by atoms with E-state index in [9.17, 15) is 14.0 Å². The summed E-state index contributed by atoms with van der Waals surface area (Å²) in [7, 11) is 0. The molecule has 0 aromatic heterocycles. The second kappa shape index (κ2) is 9.42. The normalized spacial score (nSPS) is 10.2. The molecule has 0 radical (unpaired) electrons. The average Bonchev–Trinajstić information content (AvgIpc) is 2.60. The SMILES string of the molecule is CCCCOc1ccc(C(=O)OCC(=O)Nc2cccc(F)c2)cc1. The molecule has 2 aromatic carbocycles. The highest BCUT2D eigenvalue weighted by Crippen LogP contribution is 2.14. The van der Waals surface area contributed by atoms with Crippen LogP contribution in [0.25, 0.3) is 0 Å². The minimum atomic E-state index is -0.616. The van der Waals surface area contributed by atoms with Crippen LogP contribution in [0, 0.1) is 5.82 Å². The summed E-state index contributed by atoms with van der Waals surface area (Å²) in [5.41, 5.74) is 0.621. The lowest BCUT2D eigenvalue weighted by atomic mass is 10.2. The van der Waals surface area contributed by atoms with Crippen molar-refractivity contribution in [3.8, 4) is 5.75 Å². The van der Waals surface area contributed by atoms with Crippen molar-refractivity contribution in [1.29, 1.82) is 0 Å². The Morgan fingerprint density at radius 3 is 2.56 bits per heavy atom. The highest BCUT2D eigenvalue weighted by molar-refractivity contribution is 5.95. The van der Waals surface area contributed by atoms with Crippen molar-refractivity contribution in [3.63, 3.8) is 0 Å². The van der Waals surface area contributed by atoms with Crippen LogP contribution in [0.2, 0.25) is 0 Å². The number of halogens is 1. The molecule has 0 heterocycles. The van der Waals surface area contributed by atoms with Crippen LogP contribution < -0.4 is 10.1 Å². The van der Waals surface area contributed by atoms with Crippen LogP contribution in [0.4, 0.5) is 10.1 Å². The zero-order valence-corrected chi connectivity index (χ0v) is 14.0. The fraction of sp³-hybridized carbons (Fsp3) is 0.263. The summed E-state index contributed by atoms with van der Waals surface area (Å²) in [6.45, 7) is 2.25. The third-order valence-electron chi connectivity index (χ3n) is 3.30. The van der Waals surface area contributed by atoms with Gasteiger partial charge in [0.15, 0.2) is 6.61 Å². The van der Waals surface area contributed by atoms with E-state index in [0.717, 1.165) is 12.8 Å². The van der Waals surface area contributed by atoms with E-state index in [2.05, 4.69) is 12.2 Å². The van der Waals surface area contributed by atoms with Crippen LogP contribution >= 0.6 is 0 Å². The van der Waals surface area contributed by atoms with Gasteiger partial charge in [0.05, 0.1) is 12.2 Å². The molecule has 1 N–H and O–H groups in total. The van der Waals surface area contributed by atoms with Gasteiger partial charge < -0.3 is 14.8 Å². The van der Waals surface area contributed by atoms with Crippen LogP contribution in [0.5, 0.6) is 5.75 Å². The summed E-state index contributed by atoms with van der Waals surface area (Å²) in [5.74, 6) is -0.946. The molecule has 5 nitrogen and oxygen atoms in total. The van der Waals surface area contributed by atoms with E-state index in [1.165, 1.54) is 18.2 Å². The van der Waals surface area contributed by atoms with Crippen LogP contribution in [0.3, 0.4) is 0 Å². The van der Waals surface area contributed by atoms with Gasteiger partial charge in [-0.25, -0.2) is 9.18 Å². The zero-order valence-electron chi connectivity index (χ0n) is 14.0. The van der Waals surface area contributed by atoms with Crippen LogP contribution in [-0.4, -0.2) is 25.1 Å². The summed E-state index contributed by atoms with van der Waals surface area (Å²) in [4.78, 5) is 23.7. The maximum absolute atomic E-state index is 13.0. The number of carbonyl (C=O) groups excluding carboxylic acids is 2. The molecule has 6 heteroatoms. The van der Waals surface area contributed by atoms with Gasteiger partial charge in [-0.2, -0.15) is 0 Å². The number of rotatable bonds is 8. The number of carbonyl (C=O) groups is 2. The van der Waals surface area contributed by atoms with Gasteiger partial charge in [0.2, 0.25) is 0 Å². The maximum atomic E-state index is 13.0. The van der Waals surface area contributed by atoms with Gasteiger partial charge in [-0.15, -0.1) is 0 Å². The predicted octanol–water partition coefficient (Wildman–Crippen LogP) is 3.80. The third-order valence-corrected chi connectivity index (χ3v) is 3.30. The Morgan fingerprint density at radius 1 is 1.12 bits per heavy atom. The van der Waals surface area contributed by atoms with Gasteiger partial charge in [-0.3, -0.25) is 4.79 Å². The van der Waals surface area contributed by atoms with Crippen molar-refractivity contribution in [2.24, 2.45) is 0 Å². The van der Waals surface area contributed by atoms with Crippen molar-refractivity contribution in [3.05, 3.63) is 59.9 Å². The summed E-state index contributed by atoms with van der Waals surface area (Å²) >= 11 is 0. The second-order valence-electron chi connectivity index (χ2n) is 5.36. The second-order valence-corrected chi connectivity index (χ2v) is 5.36. The number of nitrogens with one attached hydrogen (secondary N) is 1. The van der Waals surface area contributed by atoms with E-state index in [-0.39, 0.29) is 0 Å². The lowest BCUT2D eigenvalue weighted by Crippen LogP contribution is -2.21. The molecule has 0 saturated heterocycles. The summed E-state index contributed by atoms with van der Waals surface area (Å²) in [6.07, 6.45) is 2.01. The Labute approximate surface area is 145 Å². The minimum Gasteiger partial charge on any atom is -0.494 e. The smallest absolute Gasteiger partial charge is 0.338 e. The molecular weight excluding hydrogens is 325 g/mol. The van der Waals surface area contributed by atoms with Crippen molar-refractivity contribution in [2.75, 3.05) is 18.5 Å². The lowest BCUT2D eigenvalue weighted by molar-refractivity contribution is -0.119. The van der Waals surface area contributed by atoms with E-state index in [1.54, 1.807) is 30.3 Å². The molecule has 0 unspecified atom stereocenters. The quantitative estimate of drug-likeness (QED) is 0.584. The molecule has 0 saturated carbocycles. The van der Waals surface area contributed by atoms with E-state index in [1.807, 2.05) is 0 Å². The zero-order chi connectivity index (χ0) is 18.1. The molecule has 0 atom stereocenters. The van der Waals surface area contributed by atoms with Crippen molar-refractivity contribution in [2.45, 2.75) is 19.8 Å². The molecule has 1 amide bonds. The predicted molar refractivity (Wildman–Crippen MR) is 92.2 cm³/mol. The molecule has 2 rings (SSSR count). The topological polar surface area (TPSA) is 64.6 Å². The Morgan fingerprint density at radius 2 is 1.88 bits per heavy atom. The molecule has 0 aliphatic carbocycles. The first-order chi connectivity index (χ1) is 12.1. The van der Waals surface area contributed by atoms with Crippen LogP contribution in [0.1, 0.15) is 30.1 Å². The standard InChI is InChI=1S/C19H20FNO4/c1-2-3-11-24-17-9-7-14(8-10-17)19(23)25-13-18(22)21-16-6-4-5-15(20)12-16/h4-10,12H,2-3,11,13H2,1H3,(H,21,22). The number of ether oxygens (including phenoxy) is 2. The molecule has 2 aromatic rings. The van der Waals surface area contributed by atoms with Gasteiger partial charge in [0, 0.05) is 5.69 Å². The first kappa shape index (κ1) is 18.4. The molecule has 0 bridgehead atoms. The van der Waals surface area contributed by atoms with Gasteiger partial charge in [0.1, 0.15) is 11.6 Å². The van der Waals surface area contributed by atoms with Gasteiger partial charge in [0.25, 0.3) is 5.91 Å². The highest BCUT2D eigenvalue weighted by atomic mass is 19.1. The van der Waals surface area contributed by atoms with Crippen molar-refractivity contribution >= 4 is 17.6 Å². The van der Waals surface area contributed by atoms with E-state index in [4.69, 9.17) is 9.47 Å². The number of benzene rings is 2. The van der Waals surface area contributed by atoms with E-state index >= 15 is 0 Å². The van der Waals surface area contributed by atoms with E-state index < -0.39 is 24.3 Å². The number of hydrogen-bond acceptors (Lipinski definition) is 4. The van der Waals surface area contributed by atoms with Gasteiger partial charge in [-0.1, -0.05) is 19.4 Å². The largest absolute Gasteiger partial charge is 0.494 e. The molecule has 0 fully saturated rings. The summed E-state index contributed by atoms with van der Waals surface area (Å²) in [6, 6.07) is 12.0. The monoisotopic (exact) mass is 345 g/mol. The van der Waals surface area contributed by atoms with Crippen molar-refractivity contribution in [1.82, 2.24) is 0 Å². The van der Waals surface area contributed by atoms with Crippen molar-refractivity contribution < 1.29 is 23.5 Å². The number of esters is 1. The maximum Gasteiger partial charge on any atom is 0.338 e. The number of anilines is 1. The molecular formula is C19H20FNO4.